The molecule has 1 heterocycles. The molecule has 0 fully saturated rings. The second kappa shape index (κ2) is 10.0. The molecule has 6 heteroatoms. The van der Waals surface area contributed by atoms with E-state index in [0.717, 1.165) is 16.9 Å². The largest absolute Gasteiger partial charge is 0.492 e. The lowest BCUT2D eigenvalue weighted by Gasteiger charge is -2.15. The molecule has 0 aliphatic heterocycles. The molecule has 0 saturated carbocycles. The molecule has 0 saturated heterocycles. The second-order valence-electron chi connectivity index (χ2n) is 6.36. The number of anilines is 1. The number of pyridine rings is 1. The maximum Gasteiger partial charge on any atom is 0.257 e. The Balaban J connectivity index is 1.84. The first-order chi connectivity index (χ1) is 14.2. The minimum absolute atomic E-state index is 0.241. The molecule has 6 nitrogen and oxygen atoms in total. The van der Waals surface area contributed by atoms with Crippen LogP contribution in [0.3, 0.4) is 0 Å². The third-order valence-corrected chi connectivity index (χ3v) is 4.08. The molecule has 1 aromatic heterocycles. The van der Waals surface area contributed by atoms with E-state index in [9.17, 15) is 4.79 Å². The Morgan fingerprint density at radius 1 is 1.07 bits per heavy atom. The van der Waals surface area contributed by atoms with Gasteiger partial charge in [0.2, 0.25) is 5.96 Å². The Morgan fingerprint density at radius 3 is 2.66 bits per heavy atom. The van der Waals surface area contributed by atoms with E-state index < -0.39 is 0 Å². The number of guanidine groups is 1. The summed E-state index contributed by atoms with van der Waals surface area (Å²) in [6, 6.07) is 20.6. The fraction of sp³-hybridized carbons (Fsp3) is 0.174. The molecule has 0 spiro atoms. The van der Waals surface area contributed by atoms with Gasteiger partial charge in [0.1, 0.15) is 5.75 Å². The number of aryl methyl sites for hydroxylation is 1. The molecule has 0 radical (unpaired) electrons. The van der Waals surface area contributed by atoms with Gasteiger partial charge in [-0.05, 0) is 50.2 Å². The molecule has 1 amide bonds. The molecule has 3 rings (SSSR count). The van der Waals surface area contributed by atoms with Gasteiger partial charge in [-0.15, -0.1) is 0 Å². The maximum absolute atomic E-state index is 12.7. The number of carbonyl (C=O) groups excluding carboxylic acids is 1. The summed E-state index contributed by atoms with van der Waals surface area (Å²) in [5.74, 6) is 0.773. The number of rotatable bonds is 6. The van der Waals surface area contributed by atoms with Crippen molar-refractivity contribution in [2.24, 2.45) is 4.99 Å². The van der Waals surface area contributed by atoms with Gasteiger partial charge in [0.05, 0.1) is 24.5 Å². The van der Waals surface area contributed by atoms with Crippen LogP contribution in [-0.4, -0.2) is 23.5 Å². The van der Waals surface area contributed by atoms with Gasteiger partial charge in [-0.25, -0.2) is 4.99 Å². The van der Waals surface area contributed by atoms with E-state index in [-0.39, 0.29) is 5.91 Å². The molecule has 29 heavy (non-hydrogen) atoms. The predicted molar refractivity (Wildman–Crippen MR) is 115 cm³/mol. The second-order valence-corrected chi connectivity index (χ2v) is 6.36. The van der Waals surface area contributed by atoms with Gasteiger partial charge in [0, 0.05) is 11.8 Å². The summed E-state index contributed by atoms with van der Waals surface area (Å²) < 4.78 is 5.66. The lowest BCUT2D eigenvalue weighted by atomic mass is 10.1. The summed E-state index contributed by atoms with van der Waals surface area (Å²) in [4.78, 5) is 21.6. The topological polar surface area (TPSA) is 75.6 Å². The SMILES string of the molecule is CCOc1ccccc1NC(=NCc1ccccn1)NC(=O)c1cccc(C)c1. The molecular formula is C23H24N4O2. The van der Waals surface area contributed by atoms with Crippen LogP contribution in [0.15, 0.2) is 77.9 Å². The molecule has 0 aliphatic rings. The van der Waals surface area contributed by atoms with Crippen LogP contribution in [0.2, 0.25) is 0 Å². The Morgan fingerprint density at radius 2 is 1.90 bits per heavy atom. The number of nitrogens with one attached hydrogen (secondary N) is 2. The van der Waals surface area contributed by atoms with Gasteiger partial charge in [-0.3, -0.25) is 15.1 Å². The van der Waals surface area contributed by atoms with E-state index in [2.05, 4.69) is 20.6 Å². The first-order valence-electron chi connectivity index (χ1n) is 9.47. The molecule has 148 valence electrons. The highest BCUT2D eigenvalue weighted by atomic mass is 16.5. The first-order valence-corrected chi connectivity index (χ1v) is 9.47. The maximum atomic E-state index is 12.7. The summed E-state index contributed by atoms with van der Waals surface area (Å²) in [6.07, 6.45) is 1.72. The Hall–Kier alpha value is -3.67. The van der Waals surface area contributed by atoms with E-state index in [1.807, 2.05) is 74.5 Å². The number of benzene rings is 2. The zero-order valence-electron chi connectivity index (χ0n) is 16.6. The first kappa shape index (κ1) is 20.1. The fourth-order valence-corrected chi connectivity index (χ4v) is 2.71. The number of aromatic nitrogens is 1. The normalized spacial score (nSPS) is 11.0. The van der Waals surface area contributed by atoms with Crippen LogP contribution in [0, 0.1) is 6.92 Å². The van der Waals surface area contributed by atoms with Crippen LogP contribution in [-0.2, 0) is 6.54 Å². The Bertz CT molecular complexity index is 987. The Kier molecular flexibility index (Phi) is 6.95. The smallest absolute Gasteiger partial charge is 0.257 e. The zero-order valence-corrected chi connectivity index (χ0v) is 16.6. The van der Waals surface area contributed by atoms with Gasteiger partial charge in [-0.1, -0.05) is 35.9 Å². The average Bonchev–Trinajstić information content (AvgIpc) is 2.74. The van der Waals surface area contributed by atoms with E-state index >= 15 is 0 Å². The van der Waals surface area contributed by atoms with Crippen LogP contribution in [0.5, 0.6) is 5.75 Å². The van der Waals surface area contributed by atoms with Crippen molar-refractivity contribution < 1.29 is 9.53 Å². The number of nitrogens with zero attached hydrogens (tertiary/aromatic N) is 2. The lowest BCUT2D eigenvalue weighted by molar-refractivity contribution is 0.0976. The standard InChI is InChI=1S/C23H24N4O2/c1-3-29-21-13-5-4-12-20(21)26-23(25-16-19-11-6-7-14-24-19)27-22(28)18-10-8-9-17(2)15-18/h4-15H,3,16H2,1-2H3,(H2,25,26,27,28). The fourth-order valence-electron chi connectivity index (χ4n) is 2.71. The number of hydrogen-bond donors (Lipinski definition) is 2. The van der Waals surface area contributed by atoms with Crippen molar-refractivity contribution in [1.29, 1.82) is 0 Å². The summed E-state index contributed by atoms with van der Waals surface area (Å²) in [6.45, 7) is 4.73. The van der Waals surface area contributed by atoms with Crippen LogP contribution in [0.4, 0.5) is 5.69 Å². The number of amides is 1. The van der Waals surface area contributed by atoms with Gasteiger partial charge in [-0.2, -0.15) is 0 Å². The van der Waals surface area contributed by atoms with Gasteiger partial charge >= 0.3 is 0 Å². The average molecular weight is 388 g/mol. The molecule has 3 aromatic rings. The van der Waals surface area contributed by atoms with Crippen LogP contribution >= 0.6 is 0 Å². The van der Waals surface area contributed by atoms with E-state index in [1.165, 1.54) is 0 Å². The van der Waals surface area contributed by atoms with Crippen LogP contribution in [0.25, 0.3) is 0 Å². The van der Waals surface area contributed by atoms with E-state index in [4.69, 9.17) is 4.74 Å². The number of ether oxygens (including phenoxy) is 1. The number of carbonyl (C=O) groups is 1. The molecule has 0 unspecified atom stereocenters. The minimum Gasteiger partial charge on any atom is -0.492 e. The van der Waals surface area contributed by atoms with Crippen molar-refractivity contribution in [3.8, 4) is 5.75 Å². The molecule has 2 N–H and O–H groups in total. The zero-order chi connectivity index (χ0) is 20.5. The van der Waals surface area contributed by atoms with E-state index in [0.29, 0.717) is 30.4 Å². The van der Waals surface area contributed by atoms with Crippen LogP contribution < -0.4 is 15.4 Å². The van der Waals surface area contributed by atoms with E-state index in [1.54, 1.807) is 12.3 Å². The van der Waals surface area contributed by atoms with Gasteiger partial charge < -0.3 is 10.1 Å². The number of para-hydroxylation sites is 2. The third-order valence-electron chi connectivity index (χ3n) is 4.08. The van der Waals surface area contributed by atoms with Crippen LogP contribution in [0.1, 0.15) is 28.5 Å². The van der Waals surface area contributed by atoms with Crippen molar-refractivity contribution in [2.45, 2.75) is 20.4 Å². The summed E-state index contributed by atoms with van der Waals surface area (Å²) >= 11 is 0. The van der Waals surface area contributed by atoms with Crippen molar-refractivity contribution in [3.63, 3.8) is 0 Å². The van der Waals surface area contributed by atoms with Crippen molar-refractivity contribution in [2.75, 3.05) is 11.9 Å². The molecular weight excluding hydrogens is 364 g/mol. The van der Waals surface area contributed by atoms with Crippen molar-refractivity contribution in [1.82, 2.24) is 10.3 Å². The highest BCUT2D eigenvalue weighted by molar-refractivity contribution is 6.10. The van der Waals surface area contributed by atoms with Crippen molar-refractivity contribution in [3.05, 3.63) is 89.7 Å². The highest BCUT2D eigenvalue weighted by Gasteiger charge is 2.12. The molecule has 2 aromatic carbocycles. The third kappa shape index (κ3) is 5.90. The monoisotopic (exact) mass is 388 g/mol. The summed E-state index contributed by atoms with van der Waals surface area (Å²) in [5.41, 5.74) is 3.10. The Labute approximate surface area is 170 Å². The molecule has 0 bridgehead atoms. The number of hydrogen-bond acceptors (Lipinski definition) is 4. The predicted octanol–water partition coefficient (Wildman–Crippen LogP) is 4.19. The molecule has 0 aliphatic carbocycles. The highest BCUT2D eigenvalue weighted by Crippen LogP contribution is 2.23. The summed E-state index contributed by atoms with van der Waals surface area (Å²) in [7, 11) is 0. The quantitative estimate of drug-likeness (QED) is 0.490. The number of aliphatic imine (C=N–C) groups is 1. The minimum atomic E-state index is -0.241. The lowest BCUT2D eigenvalue weighted by Crippen LogP contribution is -2.36. The molecule has 0 atom stereocenters. The summed E-state index contributed by atoms with van der Waals surface area (Å²) in [5, 5.41) is 6.05. The van der Waals surface area contributed by atoms with Gasteiger partial charge in [0.25, 0.3) is 5.91 Å². The van der Waals surface area contributed by atoms with Crippen molar-refractivity contribution >= 4 is 17.6 Å². The van der Waals surface area contributed by atoms with Gasteiger partial charge in [0.15, 0.2) is 0 Å².